The van der Waals surface area contributed by atoms with Gasteiger partial charge in [-0.05, 0) is 45.1 Å². The first-order valence-electron chi connectivity index (χ1n) is 8.07. The summed E-state index contributed by atoms with van der Waals surface area (Å²) in [4.78, 5) is 14.7. The van der Waals surface area contributed by atoms with E-state index in [0.29, 0.717) is 18.0 Å². The SMILES string of the molecule is CCC(C)CN(C)C1CCC(NC2CC2)(C(=O)OC)C1. The van der Waals surface area contributed by atoms with E-state index in [0.717, 1.165) is 25.8 Å². The molecule has 2 fully saturated rings. The molecule has 0 saturated heterocycles. The van der Waals surface area contributed by atoms with Gasteiger partial charge in [0.2, 0.25) is 0 Å². The van der Waals surface area contributed by atoms with Crippen LogP contribution in [0.4, 0.5) is 0 Å². The van der Waals surface area contributed by atoms with E-state index in [4.69, 9.17) is 4.74 Å². The van der Waals surface area contributed by atoms with Crippen LogP contribution < -0.4 is 5.32 Å². The van der Waals surface area contributed by atoms with Gasteiger partial charge in [-0.2, -0.15) is 0 Å². The Morgan fingerprint density at radius 3 is 2.70 bits per heavy atom. The summed E-state index contributed by atoms with van der Waals surface area (Å²) in [6.45, 7) is 5.64. The predicted octanol–water partition coefficient (Wildman–Crippen LogP) is 2.18. The molecule has 0 amide bonds. The van der Waals surface area contributed by atoms with Gasteiger partial charge in [-0.1, -0.05) is 20.3 Å². The molecule has 0 aliphatic heterocycles. The highest BCUT2D eigenvalue weighted by molar-refractivity contribution is 5.81. The lowest BCUT2D eigenvalue weighted by atomic mass is 9.96. The minimum atomic E-state index is -0.426. The second kappa shape index (κ2) is 6.44. The van der Waals surface area contributed by atoms with Crippen LogP contribution in [0.2, 0.25) is 0 Å². The van der Waals surface area contributed by atoms with Crippen LogP contribution in [-0.2, 0) is 9.53 Å². The Morgan fingerprint density at radius 1 is 1.45 bits per heavy atom. The van der Waals surface area contributed by atoms with E-state index < -0.39 is 5.54 Å². The average molecular weight is 282 g/mol. The zero-order valence-corrected chi connectivity index (χ0v) is 13.4. The molecule has 0 spiro atoms. The monoisotopic (exact) mass is 282 g/mol. The molecule has 20 heavy (non-hydrogen) atoms. The van der Waals surface area contributed by atoms with E-state index in [1.54, 1.807) is 0 Å². The van der Waals surface area contributed by atoms with Crippen LogP contribution >= 0.6 is 0 Å². The largest absolute Gasteiger partial charge is 0.468 e. The fraction of sp³-hybridized carbons (Fsp3) is 0.938. The van der Waals surface area contributed by atoms with E-state index in [1.807, 2.05) is 0 Å². The average Bonchev–Trinajstić information content (AvgIpc) is 3.14. The van der Waals surface area contributed by atoms with Gasteiger partial charge in [-0.25, -0.2) is 0 Å². The van der Waals surface area contributed by atoms with Crippen molar-refractivity contribution in [3.8, 4) is 0 Å². The van der Waals surface area contributed by atoms with Crippen LogP contribution in [0, 0.1) is 5.92 Å². The predicted molar refractivity (Wildman–Crippen MR) is 80.6 cm³/mol. The summed E-state index contributed by atoms with van der Waals surface area (Å²) in [7, 11) is 3.70. The zero-order chi connectivity index (χ0) is 14.8. The number of esters is 1. The van der Waals surface area contributed by atoms with Crippen molar-refractivity contribution < 1.29 is 9.53 Å². The molecule has 2 saturated carbocycles. The van der Waals surface area contributed by atoms with Crippen molar-refractivity contribution in [2.24, 2.45) is 5.92 Å². The van der Waals surface area contributed by atoms with Crippen LogP contribution in [0.15, 0.2) is 0 Å². The molecule has 116 valence electrons. The van der Waals surface area contributed by atoms with Gasteiger partial charge in [-0.3, -0.25) is 10.1 Å². The van der Waals surface area contributed by atoms with E-state index in [2.05, 4.69) is 31.1 Å². The molecule has 2 rings (SSSR count). The fourth-order valence-electron chi connectivity index (χ4n) is 3.35. The quantitative estimate of drug-likeness (QED) is 0.727. The number of rotatable bonds is 7. The Balaban J connectivity index is 1.97. The highest BCUT2D eigenvalue weighted by Crippen LogP contribution is 2.37. The van der Waals surface area contributed by atoms with Gasteiger partial charge in [0.1, 0.15) is 5.54 Å². The number of hydrogen-bond donors (Lipinski definition) is 1. The van der Waals surface area contributed by atoms with E-state index in [1.165, 1.54) is 26.4 Å². The Morgan fingerprint density at radius 2 is 2.15 bits per heavy atom. The fourth-order valence-corrected chi connectivity index (χ4v) is 3.35. The third-order valence-electron chi connectivity index (χ3n) is 5.04. The van der Waals surface area contributed by atoms with Crippen molar-refractivity contribution in [2.75, 3.05) is 20.7 Å². The van der Waals surface area contributed by atoms with Crippen LogP contribution in [-0.4, -0.2) is 49.2 Å². The summed E-state index contributed by atoms with van der Waals surface area (Å²) >= 11 is 0. The maximum Gasteiger partial charge on any atom is 0.326 e. The number of carbonyl (C=O) groups is 1. The first-order chi connectivity index (χ1) is 9.50. The molecule has 4 heteroatoms. The molecule has 0 aromatic rings. The second-order valence-electron chi connectivity index (χ2n) is 6.84. The van der Waals surface area contributed by atoms with Gasteiger partial charge in [0.15, 0.2) is 0 Å². The third kappa shape index (κ3) is 3.53. The van der Waals surface area contributed by atoms with Crippen molar-refractivity contribution in [2.45, 2.75) is 70.0 Å². The lowest BCUT2D eigenvalue weighted by molar-refractivity contribution is -0.148. The molecule has 3 unspecified atom stereocenters. The molecule has 4 nitrogen and oxygen atoms in total. The summed E-state index contributed by atoms with van der Waals surface area (Å²) < 4.78 is 5.08. The van der Waals surface area contributed by atoms with E-state index in [9.17, 15) is 4.79 Å². The van der Waals surface area contributed by atoms with Crippen LogP contribution in [0.25, 0.3) is 0 Å². The number of ether oxygens (including phenoxy) is 1. The molecule has 2 aliphatic carbocycles. The molecule has 0 bridgehead atoms. The molecule has 2 aliphatic rings. The molecular weight excluding hydrogens is 252 g/mol. The Labute approximate surface area is 123 Å². The zero-order valence-electron chi connectivity index (χ0n) is 13.4. The maximum absolute atomic E-state index is 12.2. The highest BCUT2D eigenvalue weighted by atomic mass is 16.5. The van der Waals surface area contributed by atoms with Crippen molar-refractivity contribution >= 4 is 5.97 Å². The minimum Gasteiger partial charge on any atom is -0.468 e. The van der Waals surface area contributed by atoms with Crippen molar-refractivity contribution in [1.82, 2.24) is 10.2 Å². The van der Waals surface area contributed by atoms with Gasteiger partial charge in [0.25, 0.3) is 0 Å². The minimum absolute atomic E-state index is 0.0659. The molecule has 0 aromatic heterocycles. The van der Waals surface area contributed by atoms with Crippen LogP contribution in [0.1, 0.15) is 52.4 Å². The Kier molecular flexibility index (Phi) is 5.08. The van der Waals surface area contributed by atoms with Gasteiger partial charge < -0.3 is 9.64 Å². The first-order valence-corrected chi connectivity index (χ1v) is 8.07. The molecule has 1 N–H and O–H groups in total. The Hall–Kier alpha value is -0.610. The second-order valence-corrected chi connectivity index (χ2v) is 6.84. The van der Waals surface area contributed by atoms with E-state index in [-0.39, 0.29) is 5.97 Å². The molecular formula is C16H30N2O2. The highest BCUT2D eigenvalue weighted by Gasteiger charge is 2.49. The standard InChI is InChI=1S/C16H30N2O2/c1-5-12(2)11-18(3)14-8-9-16(10-14,15(19)20-4)17-13-6-7-13/h12-14,17H,5-11H2,1-4H3. The molecule has 0 aromatic carbocycles. The maximum atomic E-state index is 12.2. The van der Waals surface area contributed by atoms with Crippen molar-refractivity contribution in [3.05, 3.63) is 0 Å². The number of hydrogen-bond acceptors (Lipinski definition) is 4. The number of methoxy groups -OCH3 is 1. The topological polar surface area (TPSA) is 41.6 Å². The molecule has 3 atom stereocenters. The van der Waals surface area contributed by atoms with Gasteiger partial charge in [0.05, 0.1) is 7.11 Å². The van der Waals surface area contributed by atoms with Gasteiger partial charge in [0, 0.05) is 18.6 Å². The Bertz CT molecular complexity index is 343. The van der Waals surface area contributed by atoms with Crippen LogP contribution in [0.5, 0.6) is 0 Å². The van der Waals surface area contributed by atoms with E-state index >= 15 is 0 Å². The van der Waals surface area contributed by atoms with Gasteiger partial charge in [-0.15, -0.1) is 0 Å². The lowest BCUT2D eigenvalue weighted by Gasteiger charge is -2.31. The molecule has 0 heterocycles. The summed E-state index contributed by atoms with van der Waals surface area (Å²) in [5, 5.41) is 3.57. The smallest absolute Gasteiger partial charge is 0.326 e. The van der Waals surface area contributed by atoms with Crippen LogP contribution in [0.3, 0.4) is 0 Å². The summed E-state index contributed by atoms with van der Waals surface area (Å²) in [5.74, 6) is 0.647. The summed E-state index contributed by atoms with van der Waals surface area (Å²) in [5.41, 5.74) is -0.426. The number of nitrogens with one attached hydrogen (secondary N) is 1. The third-order valence-corrected chi connectivity index (χ3v) is 5.04. The normalized spacial score (nSPS) is 31.6. The van der Waals surface area contributed by atoms with Gasteiger partial charge >= 0.3 is 5.97 Å². The first kappa shape index (κ1) is 15.8. The lowest BCUT2D eigenvalue weighted by Crippen LogP contribution is -2.52. The molecule has 0 radical (unpaired) electrons. The van der Waals surface area contributed by atoms with Crippen molar-refractivity contribution in [1.29, 1.82) is 0 Å². The number of nitrogens with zero attached hydrogens (tertiary/aromatic N) is 1. The van der Waals surface area contributed by atoms with Crippen molar-refractivity contribution in [3.63, 3.8) is 0 Å². The number of carbonyl (C=O) groups excluding carboxylic acids is 1. The summed E-state index contributed by atoms with van der Waals surface area (Å²) in [6.07, 6.45) is 6.49. The summed E-state index contributed by atoms with van der Waals surface area (Å²) in [6, 6.07) is 1.03.